The molecule has 170 valence electrons. The maximum atomic E-state index is 5.80. The summed E-state index contributed by atoms with van der Waals surface area (Å²) in [6.45, 7) is 10.4. The second kappa shape index (κ2) is 8.31. The molecule has 5 nitrogen and oxygen atoms in total. The van der Waals surface area contributed by atoms with Gasteiger partial charge in [-0.1, -0.05) is 19.1 Å². The van der Waals surface area contributed by atoms with Crippen LogP contribution in [0, 0.1) is 25.2 Å². The third-order valence-electron chi connectivity index (χ3n) is 6.68. The van der Waals surface area contributed by atoms with Crippen molar-refractivity contribution in [3.05, 3.63) is 41.5 Å². The molecule has 2 fully saturated rings. The Kier molecular flexibility index (Phi) is 5.62. The highest BCUT2D eigenvalue weighted by atomic mass is 32.2. The third-order valence-corrected chi connectivity index (χ3v) is 7.34. The Morgan fingerprint density at radius 1 is 1.25 bits per heavy atom. The highest BCUT2D eigenvalue weighted by molar-refractivity contribution is 7.98. The summed E-state index contributed by atoms with van der Waals surface area (Å²) in [4.78, 5) is 2.59. The number of aryl methyl sites for hydroxylation is 2. The van der Waals surface area contributed by atoms with Crippen molar-refractivity contribution in [3.63, 3.8) is 0 Å². The molecule has 2 aromatic heterocycles. The molecule has 1 aromatic carbocycles. The first kappa shape index (κ1) is 21.7. The van der Waals surface area contributed by atoms with Gasteiger partial charge in [-0.15, -0.1) is 11.8 Å². The molecule has 6 heteroatoms. The number of thioether (sulfide) groups is 1. The predicted octanol–water partition coefficient (Wildman–Crippen LogP) is 5.60. The van der Waals surface area contributed by atoms with Crippen molar-refractivity contribution in [3.8, 4) is 17.0 Å². The highest BCUT2D eigenvalue weighted by Crippen LogP contribution is 2.42. The monoisotopic (exact) mass is 451 g/mol. The lowest BCUT2D eigenvalue weighted by atomic mass is 9.88. The number of methoxy groups -OCH3 is 1. The van der Waals surface area contributed by atoms with Crippen LogP contribution in [0.4, 0.5) is 5.69 Å². The molecular formula is C26H33N3O2S. The van der Waals surface area contributed by atoms with Gasteiger partial charge in [-0.25, -0.2) is 4.52 Å². The third kappa shape index (κ3) is 3.88. The molecule has 0 radical (unpaired) electrons. The van der Waals surface area contributed by atoms with E-state index in [1.165, 1.54) is 35.2 Å². The Balaban J connectivity index is 1.67. The zero-order chi connectivity index (χ0) is 22.5. The van der Waals surface area contributed by atoms with Crippen LogP contribution in [-0.2, 0) is 4.74 Å². The van der Waals surface area contributed by atoms with Crippen molar-refractivity contribution in [2.24, 2.45) is 11.3 Å². The topological polar surface area (TPSA) is 39.0 Å². The Labute approximate surface area is 195 Å². The normalized spacial score (nSPS) is 17.4. The second-order valence-corrected chi connectivity index (χ2v) is 10.6. The molecule has 0 bridgehead atoms. The second-order valence-electron chi connectivity index (χ2n) is 9.85. The van der Waals surface area contributed by atoms with Crippen molar-refractivity contribution < 1.29 is 9.47 Å². The molecule has 0 spiro atoms. The van der Waals surface area contributed by atoms with Gasteiger partial charge in [0.25, 0.3) is 0 Å². The SMILES string of the molecule is COc1cc(C)cc(C)c1-c1cccc2c(N(CC3CC3)CC3(C)COC3)c(SC)nn12. The van der Waals surface area contributed by atoms with E-state index < -0.39 is 0 Å². The zero-order valence-corrected chi connectivity index (χ0v) is 20.6. The fourth-order valence-corrected chi connectivity index (χ4v) is 5.52. The predicted molar refractivity (Wildman–Crippen MR) is 132 cm³/mol. The fourth-order valence-electron chi connectivity index (χ4n) is 4.93. The number of rotatable bonds is 8. The van der Waals surface area contributed by atoms with Crippen LogP contribution in [0.2, 0.25) is 0 Å². The molecule has 1 aliphatic heterocycles. The number of hydrogen-bond donors (Lipinski definition) is 0. The summed E-state index contributed by atoms with van der Waals surface area (Å²) in [7, 11) is 1.75. The van der Waals surface area contributed by atoms with Crippen molar-refractivity contribution >= 4 is 23.0 Å². The molecule has 1 saturated carbocycles. The molecule has 5 rings (SSSR count). The first-order valence-corrected chi connectivity index (χ1v) is 12.7. The van der Waals surface area contributed by atoms with Crippen LogP contribution in [0.1, 0.15) is 30.9 Å². The Bertz CT molecular complexity index is 1150. The van der Waals surface area contributed by atoms with Crippen molar-refractivity contribution in [1.82, 2.24) is 9.61 Å². The van der Waals surface area contributed by atoms with Gasteiger partial charge >= 0.3 is 0 Å². The summed E-state index contributed by atoms with van der Waals surface area (Å²) in [5, 5.41) is 6.21. The van der Waals surface area contributed by atoms with Crippen LogP contribution in [-0.4, -0.2) is 49.3 Å². The van der Waals surface area contributed by atoms with E-state index in [9.17, 15) is 0 Å². The Morgan fingerprint density at radius 2 is 2.03 bits per heavy atom. The number of anilines is 1. The number of aromatic nitrogens is 2. The smallest absolute Gasteiger partial charge is 0.142 e. The summed E-state index contributed by atoms with van der Waals surface area (Å²) in [6.07, 6.45) is 4.80. The quantitative estimate of drug-likeness (QED) is 0.417. The van der Waals surface area contributed by atoms with Crippen molar-refractivity contribution in [1.29, 1.82) is 0 Å². The van der Waals surface area contributed by atoms with Crippen LogP contribution in [0.15, 0.2) is 35.4 Å². The molecule has 1 aliphatic carbocycles. The van der Waals surface area contributed by atoms with Crippen molar-refractivity contribution in [2.75, 3.05) is 44.6 Å². The van der Waals surface area contributed by atoms with Gasteiger partial charge in [0, 0.05) is 24.1 Å². The number of benzene rings is 1. The molecule has 0 amide bonds. The van der Waals surface area contributed by atoms with Gasteiger partial charge in [-0.3, -0.25) is 0 Å². The van der Waals surface area contributed by atoms with Gasteiger partial charge in [0.2, 0.25) is 0 Å². The van der Waals surface area contributed by atoms with Gasteiger partial charge in [0.05, 0.1) is 37.2 Å². The van der Waals surface area contributed by atoms with E-state index in [1.807, 2.05) is 0 Å². The Hall–Kier alpha value is -2.18. The lowest BCUT2D eigenvalue weighted by molar-refractivity contribution is -0.0956. The average Bonchev–Trinajstić information content (AvgIpc) is 3.48. The van der Waals surface area contributed by atoms with Gasteiger partial charge in [-0.05, 0) is 68.2 Å². The lowest BCUT2D eigenvalue weighted by Crippen LogP contribution is -2.49. The summed E-state index contributed by atoms with van der Waals surface area (Å²) >= 11 is 1.73. The number of fused-ring (bicyclic) bond motifs is 1. The van der Waals surface area contributed by atoms with Crippen LogP contribution in [0.5, 0.6) is 5.75 Å². The van der Waals surface area contributed by atoms with Crippen LogP contribution in [0.3, 0.4) is 0 Å². The number of hydrogen-bond acceptors (Lipinski definition) is 5. The van der Waals surface area contributed by atoms with E-state index >= 15 is 0 Å². The molecule has 1 saturated heterocycles. The summed E-state index contributed by atoms with van der Waals surface area (Å²) in [5.74, 6) is 1.69. The lowest BCUT2D eigenvalue weighted by Gasteiger charge is -2.42. The number of pyridine rings is 1. The minimum Gasteiger partial charge on any atom is -0.496 e. The first-order valence-electron chi connectivity index (χ1n) is 11.5. The van der Waals surface area contributed by atoms with Gasteiger partial charge in [-0.2, -0.15) is 5.10 Å². The van der Waals surface area contributed by atoms with E-state index in [2.05, 4.69) is 66.8 Å². The van der Waals surface area contributed by atoms with E-state index in [0.29, 0.717) is 0 Å². The fraction of sp³-hybridized carbons (Fsp3) is 0.500. The van der Waals surface area contributed by atoms with E-state index in [1.54, 1.807) is 18.9 Å². The molecule has 3 aromatic rings. The number of nitrogens with zero attached hydrogens (tertiary/aromatic N) is 3. The Morgan fingerprint density at radius 3 is 2.66 bits per heavy atom. The van der Waals surface area contributed by atoms with Gasteiger partial charge < -0.3 is 14.4 Å². The molecule has 32 heavy (non-hydrogen) atoms. The molecule has 0 atom stereocenters. The molecule has 0 unspecified atom stereocenters. The maximum Gasteiger partial charge on any atom is 0.142 e. The summed E-state index contributed by atoms with van der Waals surface area (Å²) in [5.41, 5.74) is 7.23. The van der Waals surface area contributed by atoms with E-state index in [4.69, 9.17) is 14.6 Å². The maximum absolute atomic E-state index is 5.80. The number of ether oxygens (including phenoxy) is 2. The molecule has 2 aliphatic rings. The summed E-state index contributed by atoms with van der Waals surface area (Å²) < 4.78 is 13.5. The first-order chi connectivity index (χ1) is 15.4. The highest BCUT2D eigenvalue weighted by Gasteiger charge is 2.38. The standard InChI is InChI=1S/C26H33N3O2S/c1-17-11-18(2)23(22(12-17)30-4)20-7-6-8-21-24(25(32-5)27-29(20)21)28(13-19-9-10-19)14-26(3)15-31-16-26/h6-8,11-12,19H,9-10,13-16H2,1-5H3. The molecule has 3 heterocycles. The molecule has 0 N–H and O–H groups in total. The average molecular weight is 452 g/mol. The van der Waals surface area contributed by atoms with Crippen LogP contribution in [0.25, 0.3) is 16.8 Å². The minimum absolute atomic E-state index is 0.215. The molecular weight excluding hydrogens is 418 g/mol. The van der Waals surface area contributed by atoms with Gasteiger partial charge in [0.1, 0.15) is 10.8 Å². The van der Waals surface area contributed by atoms with E-state index in [0.717, 1.165) is 54.3 Å². The largest absolute Gasteiger partial charge is 0.496 e. The van der Waals surface area contributed by atoms with Gasteiger partial charge in [0.15, 0.2) is 0 Å². The summed E-state index contributed by atoms with van der Waals surface area (Å²) in [6, 6.07) is 10.8. The van der Waals surface area contributed by atoms with Crippen LogP contribution < -0.4 is 9.64 Å². The van der Waals surface area contributed by atoms with E-state index in [-0.39, 0.29) is 5.41 Å². The minimum atomic E-state index is 0.215. The van der Waals surface area contributed by atoms with Crippen molar-refractivity contribution in [2.45, 2.75) is 38.6 Å². The van der Waals surface area contributed by atoms with Crippen LogP contribution >= 0.6 is 11.8 Å². The zero-order valence-electron chi connectivity index (χ0n) is 19.8.